The van der Waals surface area contributed by atoms with Gasteiger partial charge in [-0.25, -0.2) is 24.3 Å². The summed E-state index contributed by atoms with van der Waals surface area (Å²) in [5.41, 5.74) is 0. The Morgan fingerprint density at radius 3 is 1.18 bits per heavy atom. The average Bonchev–Trinajstić information content (AvgIpc) is 2.87. The van der Waals surface area contributed by atoms with Crippen molar-refractivity contribution in [3.8, 4) is 0 Å². The van der Waals surface area contributed by atoms with Crippen molar-refractivity contribution in [1.29, 1.82) is 0 Å². The predicted octanol–water partition coefficient (Wildman–Crippen LogP) is 5.48. The van der Waals surface area contributed by atoms with E-state index in [0.29, 0.717) is 0 Å². The van der Waals surface area contributed by atoms with Crippen molar-refractivity contribution in [2.75, 3.05) is 0 Å². The van der Waals surface area contributed by atoms with Crippen LogP contribution in [0.25, 0.3) is 0 Å². The first-order valence-corrected chi connectivity index (χ1v) is 4.14. The van der Waals surface area contributed by atoms with E-state index in [9.17, 15) is 0 Å². The molecule has 0 saturated heterocycles. The van der Waals surface area contributed by atoms with Crippen LogP contribution in [0.4, 0.5) is 0 Å². The Balaban J connectivity index is -0.0000000142. The molecule has 0 nitrogen and oxygen atoms in total. The Hall–Kier alpha value is -0.157. The van der Waals surface area contributed by atoms with Gasteiger partial charge in [-0.15, -0.1) is 12.8 Å². The van der Waals surface area contributed by atoms with Gasteiger partial charge in [-0.05, 0) is 0 Å². The zero-order valence-electron chi connectivity index (χ0n) is 14.1. The summed E-state index contributed by atoms with van der Waals surface area (Å²) in [7, 11) is 0. The fraction of sp³-hybridized carbons (Fsp3) is 0.188. The van der Waals surface area contributed by atoms with Crippen LogP contribution in [0.15, 0.2) is 36.5 Å². The molecule has 2 rings (SSSR count). The summed E-state index contributed by atoms with van der Waals surface area (Å²) in [6.07, 6.45) is 20.0. The molecule has 0 fully saturated rings. The van der Waals surface area contributed by atoms with Crippen LogP contribution in [0.1, 0.15) is 22.6 Å². The zero-order chi connectivity index (χ0) is 9.07. The summed E-state index contributed by atoms with van der Waals surface area (Å²) in [6.45, 7) is 5.00. The minimum atomic E-state index is 0. The van der Waals surface area contributed by atoms with Gasteiger partial charge in [0.1, 0.15) is 0 Å². The monoisotopic (exact) mass is 311 g/mol. The topological polar surface area (TPSA) is 0 Å². The Bertz CT molecular complexity index is 153. The van der Waals surface area contributed by atoms with Crippen molar-refractivity contribution < 1.29 is 29.1 Å². The van der Waals surface area contributed by atoms with Gasteiger partial charge in [0, 0.05) is 0 Å². The molecule has 2 aliphatic carbocycles. The summed E-state index contributed by atoms with van der Waals surface area (Å²) in [6, 6.07) is 0. The van der Waals surface area contributed by atoms with Crippen molar-refractivity contribution in [3.05, 3.63) is 85.2 Å². The molecule has 0 aromatic carbocycles. The number of allylic oxidation sites excluding steroid dienone is 8. The van der Waals surface area contributed by atoms with Gasteiger partial charge in [0.15, 0.2) is 0 Å². The Labute approximate surface area is 134 Å². The van der Waals surface area contributed by atoms with E-state index in [1.54, 1.807) is 6.92 Å². The van der Waals surface area contributed by atoms with E-state index in [0.717, 1.165) is 12.8 Å². The van der Waals surface area contributed by atoms with Crippen molar-refractivity contribution in [3.63, 3.8) is 0 Å². The van der Waals surface area contributed by atoms with Crippen LogP contribution < -0.4 is 0 Å². The van der Waals surface area contributed by atoms with Gasteiger partial charge in [-0.1, -0.05) is 0 Å². The minimum absolute atomic E-state index is 0. The molecule has 0 aromatic rings. The van der Waals surface area contributed by atoms with E-state index in [-0.39, 0.29) is 58.8 Å². The van der Waals surface area contributed by atoms with Crippen LogP contribution in [0.3, 0.4) is 0 Å². The molecule has 0 atom stereocenters. The molecule has 0 heterocycles. The zero-order valence-corrected chi connectivity index (χ0v) is 14.5. The maximum absolute atomic E-state index is 3.25. The van der Waals surface area contributed by atoms with Gasteiger partial charge < -0.3 is 39.5 Å². The van der Waals surface area contributed by atoms with E-state index in [4.69, 9.17) is 0 Å². The first kappa shape index (κ1) is 36.0. The van der Waals surface area contributed by atoms with Crippen molar-refractivity contribution in [2.45, 2.75) is 19.8 Å². The molecular formula is C16H29Zr-7. The number of hydrogen-bond acceptors (Lipinski definition) is 0. The molecule has 2 aliphatic rings. The third-order valence-corrected chi connectivity index (χ3v) is 1.17. The van der Waals surface area contributed by atoms with E-state index in [1.807, 2.05) is 24.3 Å². The molecule has 0 unspecified atom stereocenters. The summed E-state index contributed by atoms with van der Waals surface area (Å²) in [4.78, 5) is 0. The Morgan fingerprint density at radius 1 is 0.824 bits per heavy atom. The molecule has 0 amide bonds. The van der Waals surface area contributed by atoms with Gasteiger partial charge in [0.2, 0.25) is 0 Å². The van der Waals surface area contributed by atoms with Crippen LogP contribution in [-0.4, -0.2) is 0 Å². The molecule has 0 aliphatic heterocycles. The molecule has 0 radical (unpaired) electrons. The van der Waals surface area contributed by atoms with Gasteiger partial charge in [0.05, 0.1) is 0 Å². The first-order valence-electron chi connectivity index (χ1n) is 4.14. The van der Waals surface area contributed by atoms with Gasteiger partial charge in [0.25, 0.3) is 0 Å². The molecule has 17 heavy (non-hydrogen) atoms. The molecule has 1 heteroatoms. The summed E-state index contributed by atoms with van der Waals surface area (Å²) in [5.74, 6) is 0. The molecule has 0 bridgehead atoms. The van der Waals surface area contributed by atoms with Crippen molar-refractivity contribution >= 4 is 0 Å². The van der Waals surface area contributed by atoms with E-state index >= 15 is 0 Å². The number of hydrogen-bond donors (Lipinski definition) is 0. The van der Waals surface area contributed by atoms with E-state index in [1.165, 1.54) is 0 Å². The second kappa shape index (κ2) is 36.0. The first-order chi connectivity index (χ1) is 6.00. The third kappa shape index (κ3) is 31.3. The van der Waals surface area contributed by atoms with Gasteiger partial charge >= 0.3 is 26.2 Å². The van der Waals surface area contributed by atoms with E-state index in [2.05, 4.69) is 31.2 Å². The Morgan fingerprint density at radius 2 is 1.12 bits per heavy atom. The predicted molar refractivity (Wildman–Crippen MR) is 82.1 cm³/mol. The standard InChI is InChI=1S/2C5H5.C2H5.4CH3.Zr.2H/c2*1-2-4-5-3-1;1-2;;;;;;;/h2*1-3H,4H2;1H2,2H3;4*1H3;;;/q7*-1;+2;2*-1. The molecule has 0 N–H and O–H groups in total. The SMILES string of the molecule is [C-]1=CC=CC1.[C-]1=CC=CC1.[CH2-]C.[CH3-].[CH3-].[CH3-].[CH3-].[H-].[H-].[Zr+2]. The minimum Gasteiger partial charge on any atom is -1.00 e. The summed E-state index contributed by atoms with van der Waals surface area (Å²) < 4.78 is 0. The van der Waals surface area contributed by atoms with Crippen LogP contribution in [0, 0.1) is 48.8 Å². The molecule has 104 valence electrons. The van der Waals surface area contributed by atoms with Crippen molar-refractivity contribution in [2.24, 2.45) is 0 Å². The van der Waals surface area contributed by atoms with Crippen LogP contribution >= 0.6 is 0 Å². The molecule has 0 spiro atoms. The fourth-order valence-electron chi connectivity index (χ4n) is 0.680. The second-order valence-electron chi connectivity index (χ2n) is 2.01. The average molecular weight is 313 g/mol. The largest absolute Gasteiger partial charge is 2.00 e. The van der Waals surface area contributed by atoms with Gasteiger partial charge in [-0.3, -0.25) is 12.2 Å². The summed E-state index contributed by atoms with van der Waals surface area (Å²) >= 11 is 0. The second-order valence-corrected chi connectivity index (χ2v) is 2.01. The van der Waals surface area contributed by atoms with Crippen LogP contribution in [0.5, 0.6) is 0 Å². The smallest absolute Gasteiger partial charge is 1.00 e. The molecule has 0 aromatic heterocycles. The van der Waals surface area contributed by atoms with Crippen molar-refractivity contribution in [1.82, 2.24) is 0 Å². The van der Waals surface area contributed by atoms with Gasteiger partial charge in [-0.2, -0.15) is 19.1 Å². The maximum atomic E-state index is 3.25. The number of rotatable bonds is 0. The molecule has 0 saturated carbocycles. The summed E-state index contributed by atoms with van der Waals surface area (Å²) in [5, 5.41) is 0. The normalized spacial score (nSPS) is 10.7. The Kier molecular flexibility index (Phi) is 76.2. The maximum Gasteiger partial charge on any atom is 2.00 e. The third-order valence-electron chi connectivity index (χ3n) is 1.17. The molecular weight excluding hydrogens is 283 g/mol. The van der Waals surface area contributed by atoms with Crippen LogP contribution in [0.2, 0.25) is 0 Å². The van der Waals surface area contributed by atoms with Crippen LogP contribution in [-0.2, 0) is 26.2 Å². The van der Waals surface area contributed by atoms with E-state index < -0.39 is 0 Å². The fourth-order valence-corrected chi connectivity index (χ4v) is 0.680. The quantitative estimate of drug-likeness (QED) is 0.520.